The van der Waals surface area contributed by atoms with Gasteiger partial charge in [0.25, 0.3) is 0 Å². The second-order valence-electron chi connectivity index (χ2n) is 3.08. The summed E-state index contributed by atoms with van der Waals surface area (Å²) in [6.07, 6.45) is 1.02. The lowest BCUT2D eigenvalue weighted by molar-refractivity contribution is 0.282. The standard InChI is InChI=1S/C11H14BrO/c1-3-9-4-5-10(6-11(9)12)8(2)7-13/h4-6,8,13H,2-3,7H2,1H3. The largest absolute Gasteiger partial charge is 0.396 e. The monoisotopic (exact) mass is 241 g/mol. The van der Waals surface area contributed by atoms with Crippen LogP contribution in [0.15, 0.2) is 22.7 Å². The minimum absolute atomic E-state index is 0.0257. The van der Waals surface area contributed by atoms with Crippen LogP contribution in [-0.4, -0.2) is 11.7 Å². The fourth-order valence-electron chi connectivity index (χ4n) is 1.21. The Bertz CT molecular complexity index is 283. The molecule has 0 bridgehead atoms. The van der Waals surface area contributed by atoms with Gasteiger partial charge in [0.15, 0.2) is 0 Å². The van der Waals surface area contributed by atoms with Crippen LogP contribution in [-0.2, 0) is 6.42 Å². The summed E-state index contributed by atoms with van der Waals surface area (Å²) in [6, 6.07) is 6.14. The highest BCUT2D eigenvalue weighted by Crippen LogP contribution is 2.23. The zero-order valence-electron chi connectivity index (χ0n) is 7.76. The van der Waals surface area contributed by atoms with E-state index in [0.29, 0.717) is 0 Å². The van der Waals surface area contributed by atoms with Crippen molar-refractivity contribution in [3.8, 4) is 0 Å². The smallest absolute Gasteiger partial charge is 0.0499 e. The minimum atomic E-state index is -0.0257. The van der Waals surface area contributed by atoms with Crippen LogP contribution in [0, 0.1) is 6.92 Å². The van der Waals surface area contributed by atoms with Gasteiger partial charge < -0.3 is 5.11 Å². The van der Waals surface area contributed by atoms with Gasteiger partial charge in [-0.25, -0.2) is 0 Å². The van der Waals surface area contributed by atoms with Crippen molar-refractivity contribution in [2.45, 2.75) is 19.3 Å². The Labute approximate surface area is 87.9 Å². The lowest BCUT2D eigenvalue weighted by atomic mass is 10.0. The first-order valence-corrected chi connectivity index (χ1v) is 5.20. The van der Waals surface area contributed by atoms with E-state index in [0.717, 1.165) is 16.5 Å². The molecule has 0 spiro atoms. The average molecular weight is 242 g/mol. The van der Waals surface area contributed by atoms with Crippen molar-refractivity contribution in [1.82, 2.24) is 0 Å². The summed E-state index contributed by atoms with van der Waals surface area (Å²) in [7, 11) is 0. The fourth-order valence-corrected chi connectivity index (χ4v) is 1.89. The molecule has 0 aromatic heterocycles. The Kier molecular flexibility index (Phi) is 3.94. The predicted octanol–water partition coefficient (Wildman–Crippen LogP) is 2.92. The van der Waals surface area contributed by atoms with Crippen LogP contribution < -0.4 is 0 Å². The van der Waals surface area contributed by atoms with Crippen LogP contribution in [0.5, 0.6) is 0 Å². The number of aliphatic hydroxyl groups is 1. The van der Waals surface area contributed by atoms with Crippen LogP contribution in [0.3, 0.4) is 0 Å². The summed E-state index contributed by atoms with van der Waals surface area (Å²) in [6.45, 7) is 6.07. The minimum Gasteiger partial charge on any atom is -0.396 e. The average Bonchev–Trinajstić information content (AvgIpc) is 2.16. The topological polar surface area (TPSA) is 20.2 Å². The van der Waals surface area contributed by atoms with E-state index in [4.69, 9.17) is 5.11 Å². The molecule has 1 rings (SSSR count). The maximum atomic E-state index is 8.93. The molecule has 0 saturated carbocycles. The highest BCUT2D eigenvalue weighted by atomic mass is 79.9. The molecule has 0 aliphatic carbocycles. The Balaban J connectivity index is 2.95. The molecule has 0 heterocycles. The number of benzene rings is 1. The van der Waals surface area contributed by atoms with E-state index < -0.39 is 0 Å². The van der Waals surface area contributed by atoms with Crippen LogP contribution in [0.25, 0.3) is 0 Å². The molecule has 1 radical (unpaired) electrons. The summed E-state index contributed by atoms with van der Waals surface area (Å²) < 4.78 is 1.11. The van der Waals surface area contributed by atoms with E-state index in [-0.39, 0.29) is 12.5 Å². The Hall–Kier alpha value is -0.340. The van der Waals surface area contributed by atoms with Gasteiger partial charge in [-0.05, 0) is 30.5 Å². The molecule has 1 nitrogen and oxygen atoms in total. The van der Waals surface area contributed by atoms with Crippen LogP contribution in [0.2, 0.25) is 0 Å². The van der Waals surface area contributed by atoms with E-state index in [1.165, 1.54) is 5.56 Å². The quantitative estimate of drug-likeness (QED) is 0.863. The second-order valence-corrected chi connectivity index (χ2v) is 3.94. The highest BCUT2D eigenvalue weighted by Gasteiger charge is 2.05. The van der Waals surface area contributed by atoms with Gasteiger partial charge in [0, 0.05) is 17.0 Å². The van der Waals surface area contributed by atoms with Crippen molar-refractivity contribution in [2.75, 3.05) is 6.61 Å². The van der Waals surface area contributed by atoms with Gasteiger partial charge >= 0.3 is 0 Å². The van der Waals surface area contributed by atoms with Gasteiger partial charge in [-0.15, -0.1) is 0 Å². The fraction of sp³-hybridized carbons (Fsp3) is 0.364. The van der Waals surface area contributed by atoms with E-state index >= 15 is 0 Å². The van der Waals surface area contributed by atoms with Crippen LogP contribution >= 0.6 is 15.9 Å². The lowest BCUT2D eigenvalue weighted by Gasteiger charge is -2.10. The van der Waals surface area contributed by atoms with E-state index in [2.05, 4.69) is 35.8 Å². The van der Waals surface area contributed by atoms with E-state index in [1.54, 1.807) is 0 Å². The molecule has 1 atom stereocenters. The number of rotatable bonds is 3. The molecule has 1 aromatic carbocycles. The van der Waals surface area contributed by atoms with Gasteiger partial charge in [0.05, 0.1) is 0 Å². The van der Waals surface area contributed by atoms with Gasteiger partial charge in [-0.2, -0.15) is 0 Å². The molecule has 0 amide bonds. The Morgan fingerprint density at radius 2 is 2.23 bits per heavy atom. The lowest BCUT2D eigenvalue weighted by Crippen LogP contribution is -1.99. The molecule has 0 aliphatic heterocycles. The van der Waals surface area contributed by atoms with Crippen LogP contribution in [0.4, 0.5) is 0 Å². The molecule has 0 saturated heterocycles. The molecule has 2 heteroatoms. The molecular weight excluding hydrogens is 228 g/mol. The number of halogens is 1. The van der Waals surface area contributed by atoms with E-state index in [9.17, 15) is 0 Å². The number of aryl methyl sites for hydroxylation is 1. The van der Waals surface area contributed by atoms with Crippen molar-refractivity contribution < 1.29 is 5.11 Å². The third kappa shape index (κ3) is 2.55. The number of hydrogen-bond donors (Lipinski definition) is 1. The molecule has 0 fully saturated rings. The van der Waals surface area contributed by atoms with Crippen LogP contribution in [0.1, 0.15) is 24.0 Å². The van der Waals surface area contributed by atoms with Gasteiger partial charge in [-0.1, -0.05) is 35.0 Å². The van der Waals surface area contributed by atoms with Gasteiger partial charge in [0.2, 0.25) is 0 Å². The maximum Gasteiger partial charge on any atom is 0.0499 e. The third-order valence-corrected chi connectivity index (χ3v) is 2.89. The first-order valence-electron chi connectivity index (χ1n) is 4.41. The van der Waals surface area contributed by atoms with Gasteiger partial charge in [-0.3, -0.25) is 0 Å². The molecule has 71 valence electrons. The van der Waals surface area contributed by atoms with Crippen molar-refractivity contribution in [3.63, 3.8) is 0 Å². The summed E-state index contributed by atoms with van der Waals surface area (Å²) in [5.41, 5.74) is 2.36. The summed E-state index contributed by atoms with van der Waals surface area (Å²) >= 11 is 3.50. The first-order chi connectivity index (χ1) is 6.19. The first kappa shape index (κ1) is 10.7. The third-order valence-electron chi connectivity index (χ3n) is 2.15. The summed E-state index contributed by atoms with van der Waals surface area (Å²) in [4.78, 5) is 0. The van der Waals surface area contributed by atoms with Crippen molar-refractivity contribution in [3.05, 3.63) is 40.7 Å². The van der Waals surface area contributed by atoms with E-state index in [1.807, 2.05) is 12.1 Å². The second kappa shape index (κ2) is 4.77. The molecule has 1 unspecified atom stereocenters. The highest BCUT2D eigenvalue weighted by molar-refractivity contribution is 9.10. The zero-order valence-corrected chi connectivity index (χ0v) is 9.34. The summed E-state index contributed by atoms with van der Waals surface area (Å²) in [5.74, 6) is -0.0257. The molecule has 0 aliphatic rings. The zero-order chi connectivity index (χ0) is 9.84. The SMILES string of the molecule is [CH2]C(CO)c1ccc(CC)c(Br)c1. The normalized spacial score (nSPS) is 12.9. The Morgan fingerprint density at radius 1 is 1.54 bits per heavy atom. The Morgan fingerprint density at radius 3 is 2.69 bits per heavy atom. The molecule has 1 aromatic rings. The molecule has 13 heavy (non-hydrogen) atoms. The van der Waals surface area contributed by atoms with Crippen molar-refractivity contribution in [1.29, 1.82) is 0 Å². The van der Waals surface area contributed by atoms with Gasteiger partial charge in [0.1, 0.15) is 0 Å². The molecule has 1 N–H and O–H groups in total. The maximum absolute atomic E-state index is 8.93. The predicted molar refractivity (Wildman–Crippen MR) is 58.7 cm³/mol. The molecular formula is C11H14BrO. The number of aliphatic hydroxyl groups excluding tert-OH is 1. The number of hydrogen-bond acceptors (Lipinski definition) is 1. The summed E-state index contributed by atoms with van der Waals surface area (Å²) in [5, 5.41) is 8.93. The van der Waals surface area contributed by atoms with Crippen molar-refractivity contribution in [2.24, 2.45) is 0 Å². The van der Waals surface area contributed by atoms with Crippen molar-refractivity contribution >= 4 is 15.9 Å².